The van der Waals surface area contributed by atoms with E-state index < -0.39 is 60.2 Å². The maximum Gasteiger partial charge on any atom is 0.181 e. The fourth-order valence-corrected chi connectivity index (χ4v) is 15.2. The van der Waals surface area contributed by atoms with E-state index in [1.807, 2.05) is 0 Å². The highest BCUT2D eigenvalue weighted by Gasteiger charge is 2.75. The molecular formula is C43H69FO7. The van der Waals surface area contributed by atoms with Crippen molar-refractivity contribution in [1.82, 2.24) is 0 Å². The monoisotopic (exact) mass is 717 g/mol. The Balaban J connectivity index is 1.09. The first-order valence-corrected chi connectivity index (χ1v) is 20.8. The Kier molecular flexibility index (Phi) is 8.74. The second-order valence-corrected chi connectivity index (χ2v) is 21.4. The predicted molar refractivity (Wildman–Crippen MR) is 193 cm³/mol. The number of fused-ring (bicyclic) bond motifs is 8. The van der Waals surface area contributed by atoms with Gasteiger partial charge in [-0.25, -0.2) is 4.39 Å². The van der Waals surface area contributed by atoms with E-state index in [9.17, 15) is 29.9 Å². The zero-order valence-electron chi connectivity index (χ0n) is 32.5. The molecule has 0 aromatic carbocycles. The molecule has 8 rings (SSSR count). The van der Waals surface area contributed by atoms with Crippen LogP contribution in [-0.2, 0) is 9.47 Å². The van der Waals surface area contributed by atoms with Crippen LogP contribution in [0.15, 0.2) is 11.6 Å². The minimum atomic E-state index is -1.83. The Morgan fingerprint density at radius 2 is 1.55 bits per heavy atom. The first-order chi connectivity index (χ1) is 23.8. The molecule has 8 heteroatoms. The molecule has 0 spiro atoms. The molecule has 0 bridgehead atoms. The van der Waals surface area contributed by atoms with Gasteiger partial charge in [-0.3, -0.25) is 0 Å². The lowest BCUT2D eigenvalue weighted by Crippen LogP contribution is -2.71. The molecule has 15 atom stereocenters. The topological polar surface area (TPSA) is 120 Å². The fourth-order valence-electron chi connectivity index (χ4n) is 15.2. The van der Waals surface area contributed by atoms with Crippen molar-refractivity contribution in [2.75, 3.05) is 6.61 Å². The third kappa shape index (κ3) is 4.97. The van der Waals surface area contributed by atoms with E-state index in [0.29, 0.717) is 24.7 Å². The second kappa shape index (κ2) is 11.9. The Labute approximate surface area is 306 Å². The molecule has 6 saturated carbocycles. The van der Waals surface area contributed by atoms with Gasteiger partial charge in [0.05, 0.1) is 55.1 Å². The van der Waals surface area contributed by atoms with Gasteiger partial charge in [-0.2, -0.15) is 0 Å². The average molecular weight is 717 g/mol. The van der Waals surface area contributed by atoms with Crippen molar-refractivity contribution in [1.29, 1.82) is 0 Å². The summed E-state index contributed by atoms with van der Waals surface area (Å²) in [6.45, 7) is 16.9. The molecule has 5 N–H and O–H groups in total. The van der Waals surface area contributed by atoms with Crippen LogP contribution in [0.4, 0.5) is 4.39 Å². The summed E-state index contributed by atoms with van der Waals surface area (Å²) in [6.07, 6.45) is 11.4. The van der Waals surface area contributed by atoms with E-state index in [-0.39, 0.29) is 45.2 Å². The number of aliphatic hydroxyl groups excluding tert-OH is 4. The van der Waals surface area contributed by atoms with Gasteiger partial charge in [-0.15, -0.1) is 0 Å². The Bertz CT molecular complexity index is 1390. The third-order valence-electron chi connectivity index (χ3n) is 18.5. The Hall–Kier alpha value is -0.610. The van der Waals surface area contributed by atoms with Gasteiger partial charge in [-0.05, 0) is 135 Å². The van der Waals surface area contributed by atoms with Crippen molar-refractivity contribution in [3.8, 4) is 0 Å². The summed E-state index contributed by atoms with van der Waals surface area (Å²) < 4.78 is 26.9. The minimum Gasteiger partial charge on any atom is -0.396 e. The molecule has 1 aliphatic heterocycles. The molecule has 51 heavy (non-hydrogen) atoms. The lowest BCUT2D eigenvalue weighted by molar-refractivity contribution is -0.404. The smallest absolute Gasteiger partial charge is 0.181 e. The van der Waals surface area contributed by atoms with Crippen LogP contribution in [0.2, 0.25) is 0 Å². The largest absolute Gasteiger partial charge is 0.396 e. The standard InChI is InChI=1S/C43H69FO7/c1-37(2)18-20-42(36(48)35-32-34(47)33(46)28(23-45)43(32,49)51-35)21-19-40(6)26(27(42)22-37)12-13-30-39(5)16-15-31(50-25-10-8-24(44)9-11-25)38(3,4)29(39)14-17-41(30,40)7/h12,24-25,27-36,45-49H,8-11,13-23H2,1-7H3/t24?,25?,27?,28?,29?,30?,31-,32?,33-,34?,35-,36+,39-,40+,41+,42-,43?/m0/s1. The SMILES string of the molecule is CC1(C)CC[C@]2([C@H](O)[C@H]3OC4(O)C(CO)[C@H](O)C(O)C34)CC[C@]3(C)C(=CCC4[C@@]5(C)CC[C@H](OC6CCC(F)CC6)C(C)(C)C5CC[C@]43C)C2C1. The summed E-state index contributed by atoms with van der Waals surface area (Å²) in [5.41, 5.74) is 1.52. The van der Waals surface area contributed by atoms with Gasteiger partial charge in [0, 0.05) is 5.41 Å². The van der Waals surface area contributed by atoms with Crippen molar-refractivity contribution in [3.63, 3.8) is 0 Å². The number of halogens is 1. The highest BCUT2D eigenvalue weighted by molar-refractivity contribution is 5.35. The first kappa shape index (κ1) is 37.3. The average Bonchev–Trinajstić information content (AvgIpc) is 3.19. The number of alkyl halides is 1. The van der Waals surface area contributed by atoms with Crippen LogP contribution in [-0.4, -0.2) is 80.7 Å². The molecule has 7 unspecified atom stereocenters. The van der Waals surface area contributed by atoms with Crippen LogP contribution >= 0.6 is 0 Å². The quantitative estimate of drug-likeness (QED) is 0.197. The van der Waals surface area contributed by atoms with Crippen molar-refractivity contribution in [2.45, 2.75) is 187 Å². The molecule has 0 amide bonds. The van der Waals surface area contributed by atoms with Gasteiger partial charge in [-0.1, -0.05) is 60.1 Å². The van der Waals surface area contributed by atoms with Crippen LogP contribution < -0.4 is 0 Å². The van der Waals surface area contributed by atoms with E-state index in [0.717, 1.165) is 64.2 Å². The highest BCUT2D eigenvalue weighted by Crippen LogP contribution is 2.76. The van der Waals surface area contributed by atoms with Crippen LogP contribution in [0.5, 0.6) is 0 Å². The van der Waals surface area contributed by atoms with E-state index in [4.69, 9.17) is 9.47 Å². The summed E-state index contributed by atoms with van der Waals surface area (Å²) in [5, 5.41) is 55.6. The molecule has 0 aromatic heterocycles. The number of rotatable bonds is 5. The lowest BCUT2D eigenvalue weighted by atomic mass is 9.33. The first-order valence-electron chi connectivity index (χ1n) is 20.8. The number of ether oxygens (including phenoxy) is 2. The molecule has 1 saturated heterocycles. The van der Waals surface area contributed by atoms with Gasteiger partial charge in [0.2, 0.25) is 0 Å². The van der Waals surface area contributed by atoms with Crippen LogP contribution in [0.25, 0.3) is 0 Å². The third-order valence-corrected chi connectivity index (χ3v) is 18.5. The van der Waals surface area contributed by atoms with E-state index >= 15 is 0 Å². The van der Waals surface area contributed by atoms with Gasteiger partial charge in [0.1, 0.15) is 6.17 Å². The molecule has 7 fully saturated rings. The maximum atomic E-state index is 13.9. The second-order valence-electron chi connectivity index (χ2n) is 21.4. The highest BCUT2D eigenvalue weighted by atomic mass is 19.1. The minimum absolute atomic E-state index is 0.0139. The van der Waals surface area contributed by atoms with Crippen LogP contribution in [0, 0.1) is 62.1 Å². The van der Waals surface area contributed by atoms with Crippen LogP contribution in [0.1, 0.15) is 138 Å². The summed E-state index contributed by atoms with van der Waals surface area (Å²) in [6, 6.07) is 0. The predicted octanol–water partition coefficient (Wildman–Crippen LogP) is 6.86. The fraction of sp³-hybridized carbons (Fsp3) is 0.953. The number of aliphatic hydroxyl groups is 5. The van der Waals surface area contributed by atoms with E-state index in [2.05, 4.69) is 54.5 Å². The Morgan fingerprint density at radius 1 is 0.863 bits per heavy atom. The molecule has 7 aliphatic carbocycles. The van der Waals surface area contributed by atoms with Crippen molar-refractivity contribution < 1.29 is 39.4 Å². The lowest BCUT2D eigenvalue weighted by Gasteiger charge is -2.72. The maximum absolute atomic E-state index is 13.9. The molecule has 290 valence electrons. The van der Waals surface area contributed by atoms with E-state index in [1.165, 1.54) is 18.4 Å². The van der Waals surface area contributed by atoms with Gasteiger partial charge < -0.3 is 35.0 Å². The van der Waals surface area contributed by atoms with E-state index in [1.54, 1.807) is 0 Å². The summed E-state index contributed by atoms with van der Waals surface area (Å²) in [7, 11) is 0. The summed E-state index contributed by atoms with van der Waals surface area (Å²) in [4.78, 5) is 0. The van der Waals surface area contributed by atoms with Gasteiger partial charge in [0.15, 0.2) is 5.79 Å². The summed E-state index contributed by atoms with van der Waals surface area (Å²) >= 11 is 0. The zero-order chi connectivity index (χ0) is 36.7. The molecule has 7 nitrogen and oxygen atoms in total. The van der Waals surface area contributed by atoms with Crippen LogP contribution in [0.3, 0.4) is 0 Å². The molecular weight excluding hydrogens is 647 g/mol. The van der Waals surface area contributed by atoms with Crippen molar-refractivity contribution in [2.24, 2.45) is 62.1 Å². The number of allylic oxidation sites excluding steroid dienone is 2. The van der Waals surface area contributed by atoms with Crippen molar-refractivity contribution in [3.05, 3.63) is 11.6 Å². The van der Waals surface area contributed by atoms with Crippen molar-refractivity contribution >= 4 is 0 Å². The van der Waals surface area contributed by atoms with Gasteiger partial charge >= 0.3 is 0 Å². The Morgan fingerprint density at radius 3 is 2.24 bits per heavy atom. The van der Waals surface area contributed by atoms with Gasteiger partial charge in [0.25, 0.3) is 0 Å². The zero-order valence-corrected chi connectivity index (χ0v) is 32.5. The molecule has 8 aliphatic rings. The normalized spacial score (nSPS) is 56.3. The molecule has 1 heterocycles. The number of hydrogen-bond acceptors (Lipinski definition) is 7. The summed E-state index contributed by atoms with van der Waals surface area (Å²) in [5.74, 6) is -2.39. The number of hydrogen-bond donors (Lipinski definition) is 5. The molecule has 0 radical (unpaired) electrons. The molecule has 0 aromatic rings.